The molecule has 0 saturated heterocycles. The molecule has 0 bridgehead atoms. The Morgan fingerprint density at radius 3 is 2.42 bits per heavy atom. The SMILES string of the molecule is C[C@H]1c2ccc(C(C)(C)CCCn3ccnc3)c(O)c2C(=O)C2C(=O)[C@]3(O)C(=O)C(C(N)=O)C(=O)[C@@H](N(C)C)[C@@H]3[C@@H](O)[C@@H]21. The number of aliphatic hydroxyl groups is 2. The molecule has 1 amide bonds. The summed E-state index contributed by atoms with van der Waals surface area (Å²) in [5.41, 5.74) is 2.60. The Hall–Kier alpha value is -3.74. The minimum Gasteiger partial charge on any atom is -0.507 e. The molecule has 8 atom stereocenters. The van der Waals surface area contributed by atoms with Crippen molar-refractivity contribution < 1.29 is 39.3 Å². The van der Waals surface area contributed by atoms with Crippen molar-refractivity contribution in [3.63, 3.8) is 0 Å². The van der Waals surface area contributed by atoms with Gasteiger partial charge in [0, 0.05) is 30.4 Å². The Morgan fingerprint density at radius 1 is 1.16 bits per heavy atom. The third-order valence-corrected chi connectivity index (χ3v) is 10.00. The van der Waals surface area contributed by atoms with Gasteiger partial charge in [-0.1, -0.05) is 32.9 Å². The van der Waals surface area contributed by atoms with Gasteiger partial charge in [-0.15, -0.1) is 0 Å². The molecule has 1 heterocycles. The lowest BCUT2D eigenvalue weighted by atomic mass is 9.49. The van der Waals surface area contributed by atoms with E-state index in [4.69, 9.17) is 5.73 Å². The van der Waals surface area contributed by atoms with Crippen LogP contribution in [0.2, 0.25) is 0 Å². The van der Waals surface area contributed by atoms with Crippen LogP contribution in [0.5, 0.6) is 5.75 Å². The molecule has 230 valence electrons. The first-order valence-electron chi connectivity index (χ1n) is 14.4. The first-order valence-corrected chi connectivity index (χ1v) is 14.4. The molecule has 12 heteroatoms. The topological polar surface area (TPSA) is 193 Å². The van der Waals surface area contributed by atoms with E-state index in [2.05, 4.69) is 4.98 Å². The maximum atomic E-state index is 14.2. The Labute approximate surface area is 248 Å². The molecule has 2 saturated carbocycles. The number of primary amides is 1. The van der Waals surface area contributed by atoms with Crippen molar-refractivity contribution in [1.29, 1.82) is 0 Å². The van der Waals surface area contributed by atoms with Crippen molar-refractivity contribution in [1.82, 2.24) is 14.5 Å². The number of Topliss-reactive ketones (excluding diaryl/α,β-unsaturated/α-hetero) is 4. The Morgan fingerprint density at radius 2 is 1.84 bits per heavy atom. The van der Waals surface area contributed by atoms with Gasteiger partial charge in [-0.3, -0.25) is 28.9 Å². The monoisotopic (exact) mass is 594 g/mol. The van der Waals surface area contributed by atoms with Gasteiger partial charge in [0.2, 0.25) is 5.91 Å². The van der Waals surface area contributed by atoms with Crippen LogP contribution in [-0.2, 0) is 31.1 Å². The molecule has 0 spiro atoms. The van der Waals surface area contributed by atoms with Gasteiger partial charge < -0.3 is 25.6 Å². The highest BCUT2D eigenvalue weighted by atomic mass is 16.3. The van der Waals surface area contributed by atoms with E-state index in [1.807, 2.05) is 24.6 Å². The number of benzene rings is 1. The molecule has 12 nitrogen and oxygen atoms in total. The third kappa shape index (κ3) is 4.37. The fraction of sp³-hybridized carbons (Fsp3) is 0.548. The lowest BCUT2D eigenvalue weighted by molar-refractivity contribution is -0.196. The average Bonchev–Trinajstić information content (AvgIpc) is 3.43. The first-order chi connectivity index (χ1) is 20.1. The number of nitrogens with two attached hydrogens (primary N) is 1. The predicted octanol–water partition coefficient (Wildman–Crippen LogP) is 0.353. The Balaban J connectivity index is 1.57. The number of phenolic OH excluding ortho intramolecular Hbond substituents is 1. The van der Waals surface area contributed by atoms with E-state index in [1.165, 1.54) is 19.0 Å². The number of aryl methyl sites for hydroxylation is 1. The van der Waals surface area contributed by atoms with E-state index in [1.54, 1.807) is 31.6 Å². The third-order valence-electron chi connectivity index (χ3n) is 10.00. The number of hydrogen-bond donors (Lipinski definition) is 4. The predicted molar refractivity (Wildman–Crippen MR) is 152 cm³/mol. The largest absolute Gasteiger partial charge is 0.507 e. The molecule has 2 unspecified atom stereocenters. The number of amides is 1. The average molecular weight is 595 g/mol. The van der Waals surface area contributed by atoms with Crippen LogP contribution in [0, 0.1) is 23.7 Å². The van der Waals surface area contributed by atoms with Crippen LogP contribution in [0.3, 0.4) is 0 Å². The maximum absolute atomic E-state index is 14.2. The minimum atomic E-state index is -3.02. The Kier molecular flexibility index (Phi) is 7.47. The van der Waals surface area contributed by atoms with Gasteiger partial charge in [-0.2, -0.15) is 0 Å². The van der Waals surface area contributed by atoms with Crippen LogP contribution in [0.1, 0.15) is 61.0 Å². The standard InChI is InChI=1S/C31H38N4O8/c1-14-15-7-8-16(30(2,3)9-6-11-35-12-10-33-13-35)23(36)18(15)24(37)19-17(14)25(38)21-22(34(4)5)26(39)20(29(32)42)28(41)31(21,43)27(19)40/h7-8,10,12-14,17,19-22,25,36,38,43H,6,9,11H2,1-5H3,(H2,32,42)/t14-,17+,19?,20?,21+,22-,25-,31-/m0/s1. The molecule has 5 N–H and O–H groups in total. The number of hydrogen-bond acceptors (Lipinski definition) is 10. The summed E-state index contributed by atoms with van der Waals surface area (Å²) in [4.78, 5) is 72.7. The summed E-state index contributed by atoms with van der Waals surface area (Å²) < 4.78 is 1.94. The van der Waals surface area contributed by atoms with Crippen molar-refractivity contribution in [2.45, 2.75) is 69.2 Å². The number of carbonyl (C=O) groups excluding carboxylic acids is 5. The molecule has 2 aromatic rings. The minimum absolute atomic E-state index is 0.0912. The van der Waals surface area contributed by atoms with Gasteiger partial charge in [-0.25, -0.2) is 4.98 Å². The fourth-order valence-corrected chi connectivity index (χ4v) is 7.79. The summed E-state index contributed by atoms with van der Waals surface area (Å²) >= 11 is 0. The summed E-state index contributed by atoms with van der Waals surface area (Å²) in [5, 5.41) is 35.1. The van der Waals surface area contributed by atoms with E-state index < -0.39 is 81.8 Å². The molecule has 43 heavy (non-hydrogen) atoms. The molecule has 0 radical (unpaired) electrons. The molecule has 3 aliphatic rings. The number of aromatic hydroxyl groups is 1. The highest BCUT2D eigenvalue weighted by Crippen LogP contribution is 2.55. The van der Waals surface area contributed by atoms with Gasteiger partial charge in [0.25, 0.3) is 0 Å². The molecular formula is C31H38N4O8. The zero-order chi connectivity index (χ0) is 31.8. The fourth-order valence-electron chi connectivity index (χ4n) is 7.79. The zero-order valence-corrected chi connectivity index (χ0v) is 24.9. The smallest absolute Gasteiger partial charge is 0.235 e. The number of phenols is 1. The number of aromatic nitrogens is 2. The number of nitrogens with zero attached hydrogens (tertiary/aromatic N) is 3. The molecule has 2 fully saturated rings. The lowest BCUT2D eigenvalue weighted by Gasteiger charge is -2.56. The van der Waals surface area contributed by atoms with E-state index in [0.29, 0.717) is 24.1 Å². The second-order valence-corrected chi connectivity index (χ2v) is 13.1. The van der Waals surface area contributed by atoms with Crippen LogP contribution in [-0.4, -0.2) is 90.7 Å². The normalized spacial score (nSPS) is 32.4. The van der Waals surface area contributed by atoms with E-state index >= 15 is 0 Å². The van der Waals surface area contributed by atoms with Crippen molar-refractivity contribution >= 4 is 29.0 Å². The molecule has 3 aliphatic carbocycles. The van der Waals surface area contributed by atoms with Crippen LogP contribution >= 0.6 is 0 Å². The van der Waals surface area contributed by atoms with Crippen molar-refractivity contribution in [2.75, 3.05) is 14.1 Å². The lowest BCUT2D eigenvalue weighted by Crippen LogP contribution is -2.77. The van der Waals surface area contributed by atoms with Crippen molar-refractivity contribution in [2.24, 2.45) is 29.4 Å². The maximum Gasteiger partial charge on any atom is 0.235 e. The summed E-state index contributed by atoms with van der Waals surface area (Å²) in [7, 11) is 2.92. The molecular weight excluding hydrogens is 556 g/mol. The molecule has 1 aromatic carbocycles. The molecule has 0 aliphatic heterocycles. The molecule has 5 rings (SSSR count). The van der Waals surface area contributed by atoms with Crippen LogP contribution in [0.4, 0.5) is 0 Å². The highest BCUT2D eigenvalue weighted by molar-refractivity contribution is 6.32. The number of ketones is 4. The summed E-state index contributed by atoms with van der Waals surface area (Å²) in [6.07, 6.45) is 5.00. The zero-order valence-electron chi connectivity index (χ0n) is 24.9. The number of fused-ring (bicyclic) bond motifs is 3. The number of imidazole rings is 1. The number of likely N-dealkylation sites (N-methyl/N-ethyl adjacent to an activating group) is 1. The highest BCUT2D eigenvalue weighted by Gasteiger charge is 2.72. The second-order valence-electron chi connectivity index (χ2n) is 13.1. The van der Waals surface area contributed by atoms with E-state index in [9.17, 15) is 39.3 Å². The van der Waals surface area contributed by atoms with Crippen molar-refractivity contribution in [3.8, 4) is 5.75 Å². The van der Waals surface area contributed by atoms with Gasteiger partial charge in [0.1, 0.15) is 5.75 Å². The van der Waals surface area contributed by atoms with E-state index in [0.717, 1.165) is 6.42 Å². The van der Waals surface area contributed by atoms with Gasteiger partial charge >= 0.3 is 0 Å². The number of rotatable bonds is 7. The van der Waals surface area contributed by atoms with Crippen molar-refractivity contribution in [3.05, 3.63) is 47.5 Å². The summed E-state index contributed by atoms with van der Waals surface area (Å²) in [6.45, 7) is 6.28. The van der Waals surface area contributed by atoms with E-state index in [-0.39, 0.29) is 11.3 Å². The second kappa shape index (κ2) is 10.5. The van der Waals surface area contributed by atoms with Gasteiger partial charge in [-0.05, 0) is 43.8 Å². The van der Waals surface area contributed by atoms with Crippen LogP contribution < -0.4 is 5.73 Å². The quantitative estimate of drug-likeness (QED) is 0.325. The van der Waals surface area contributed by atoms with Gasteiger partial charge in [0.15, 0.2) is 34.7 Å². The number of carbonyl (C=O) groups is 5. The number of aliphatic hydroxyl groups excluding tert-OH is 1. The first kappa shape index (κ1) is 30.7. The van der Waals surface area contributed by atoms with Crippen LogP contribution in [0.25, 0.3) is 0 Å². The summed E-state index contributed by atoms with van der Waals surface area (Å²) in [6, 6.07) is 2.06. The Bertz CT molecular complexity index is 1520. The van der Waals surface area contributed by atoms with Crippen LogP contribution in [0.15, 0.2) is 30.9 Å². The molecule has 1 aromatic heterocycles. The summed E-state index contributed by atoms with van der Waals surface area (Å²) in [5.74, 6) is -13.2. The van der Waals surface area contributed by atoms with Gasteiger partial charge in [0.05, 0.1) is 35.9 Å².